The van der Waals surface area contributed by atoms with E-state index in [1.54, 1.807) is 45.0 Å². The first kappa shape index (κ1) is 20.9. The lowest BCUT2D eigenvalue weighted by Crippen LogP contribution is -3.14. The van der Waals surface area contributed by atoms with Crippen LogP contribution in [0.15, 0.2) is 24.3 Å². The molecule has 1 aromatic carbocycles. The number of anilines is 1. The van der Waals surface area contributed by atoms with Crippen LogP contribution in [0, 0.1) is 5.92 Å². The lowest BCUT2D eigenvalue weighted by Gasteiger charge is -2.28. The minimum absolute atomic E-state index is 0.119. The Labute approximate surface area is 160 Å². The number of esters is 2. The van der Waals surface area contributed by atoms with Crippen molar-refractivity contribution >= 4 is 23.5 Å². The Morgan fingerprint density at radius 2 is 1.93 bits per heavy atom. The molecule has 0 bridgehead atoms. The highest BCUT2D eigenvalue weighted by Crippen LogP contribution is 2.12. The fourth-order valence-electron chi connectivity index (χ4n) is 3.18. The first-order valence-electron chi connectivity index (χ1n) is 9.50. The van der Waals surface area contributed by atoms with Gasteiger partial charge in [-0.2, -0.15) is 0 Å². The number of carbonyl (C=O) groups excluding carboxylic acids is 3. The molecule has 0 spiro atoms. The summed E-state index contributed by atoms with van der Waals surface area (Å²) < 4.78 is 10.2. The number of hydrogen-bond donors (Lipinski definition) is 2. The zero-order valence-electron chi connectivity index (χ0n) is 16.2. The Bertz CT molecular complexity index is 657. The smallest absolute Gasteiger partial charge is 0.338 e. The molecule has 1 saturated heterocycles. The van der Waals surface area contributed by atoms with E-state index in [-0.39, 0.29) is 29.9 Å². The van der Waals surface area contributed by atoms with E-state index in [4.69, 9.17) is 9.47 Å². The summed E-state index contributed by atoms with van der Waals surface area (Å²) >= 11 is 0. The van der Waals surface area contributed by atoms with Crippen LogP contribution in [0.5, 0.6) is 0 Å². The fourth-order valence-corrected chi connectivity index (χ4v) is 3.18. The van der Waals surface area contributed by atoms with Gasteiger partial charge in [0.05, 0.1) is 31.4 Å². The number of benzene rings is 1. The highest BCUT2D eigenvalue weighted by Gasteiger charge is 2.30. The number of likely N-dealkylation sites (tertiary alicyclic amines) is 1. The average Bonchev–Trinajstić information content (AvgIpc) is 2.62. The minimum atomic E-state index is -0.384. The van der Waals surface area contributed by atoms with Crippen LogP contribution in [0.4, 0.5) is 5.69 Å². The van der Waals surface area contributed by atoms with Crippen LogP contribution in [-0.2, 0) is 19.1 Å². The third-order valence-electron chi connectivity index (χ3n) is 4.40. The normalized spacial score (nSPS) is 19.4. The van der Waals surface area contributed by atoms with E-state index in [0.717, 1.165) is 24.3 Å². The maximum Gasteiger partial charge on any atom is 0.338 e. The van der Waals surface area contributed by atoms with Gasteiger partial charge in [-0.15, -0.1) is 0 Å². The van der Waals surface area contributed by atoms with Crippen molar-refractivity contribution in [3.8, 4) is 0 Å². The molecule has 1 aliphatic heterocycles. The highest BCUT2D eigenvalue weighted by atomic mass is 16.5. The van der Waals surface area contributed by atoms with Crippen molar-refractivity contribution in [3.05, 3.63) is 29.8 Å². The summed E-state index contributed by atoms with van der Waals surface area (Å²) in [5.74, 6) is -0.801. The summed E-state index contributed by atoms with van der Waals surface area (Å²) in [5.41, 5.74) is 1.07. The predicted octanol–water partition coefficient (Wildman–Crippen LogP) is 1.05. The summed E-state index contributed by atoms with van der Waals surface area (Å²) in [4.78, 5) is 37.1. The molecule has 2 rings (SSSR count). The Balaban J connectivity index is 1.84. The van der Waals surface area contributed by atoms with E-state index < -0.39 is 0 Å². The topological polar surface area (TPSA) is 86.1 Å². The standard InChI is InChI=1S/C20H28N2O5/c1-4-26-19(24)16-6-5-11-22(12-16)13-18(23)21-17-9-7-15(8-10-17)20(25)27-14(2)3/h7-10,14,16H,4-6,11-13H2,1-3H3,(H,21,23)/p+1/t16-/m0/s1. The van der Waals surface area contributed by atoms with Gasteiger partial charge >= 0.3 is 11.9 Å². The van der Waals surface area contributed by atoms with Crippen molar-refractivity contribution < 1.29 is 28.8 Å². The van der Waals surface area contributed by atoms with Gasteiger partial charge in [-0.3, -0.25) is 9.59 Å². The third-order valence-corrected chi connectivity index (χ3v) is 4.40. The molecule has 7 heteroatoms. The molecule has 1 heterocycles. The molecule has 2 atom stereocenters. The van der Waals surface area contributed by atoms with Crippen LogP contribution >= 0.6 is 0 Å². The molecule has 1 aromatic rings. The second-order valence-corrected chi connectivity index (χ2v) is 7.05. The number of rotatable bonds is 7. The Hall–Kier alpha value is -2.41. The summed E-state index contributed by atoms with van der Waals surface area (Å²) in [5, 5.41) is 2.84. The zero-order valence-corrected chi connectivity index (χ0v) is 16.2. The van der Waals surface area contributed by atoms with Gasteiger partial charge in [0.1, 0.15) is 5.92 Å². The van der Waals surface area contributed by atoms with Gasteiger partial charge in [-0.25, -0.2) is 4.79 Å². The number of quaternary nitrogens is 1. The van der Waals surface area contributed by atoms with E-state index >= 15 is 0 Å². The molecule has 0 aromatic heterocycles. The van der Waals surface area contributed by atoms with Crippen molar-refractivity contribution in [3.63, 3.8) is 0 Å². The summed E-state index contributed by atoms with van der Waals surface area (Å²) in [6.45, 7) is 7.55. The van der Waals surface area contributed by atoms with E-state index in [9.17, 15) is 14.4 Å². The predicted molar refractivity (Wildman–Crippen MR) is 101 cm³/mol. The zero-order chi connectivity index (χ0) is 19.8. The molecule has 0 saturated carbocycles. The van der Waals surface area contributed by atoms with Crippen molar-refractivity contribution in [1.29, 1.82) is 0 Å². The number of carbonyl (C=O) groups is 3. The molecule has 148 valence electrons. The maximum atomic E-state index is 12.3. The SMILES string of the molecule is CCOC(=O)[C@H]1CCC[NH+](CC(=O)Nc2ccc(C(=O)OC(C)C)cc2)C1. The molecule has 7 nitrogen and oxygen atoms in total. The van der Waals surface area contributed by atoms with Gasteiger partial charge < -0.3 is 19.7 Å². The van der Waals surface area contributed by atoms with Crippen molar-refractivity contribution in [2.45, 2.75) is 39.7 Å². The monoisotopic (exact) mass is 377 g/mol. The second kappa shape index (κ2) is 10.1. The lowest BCUT2D eigenvalue weighted by molar-refractivity contribution is -0.899. The molecule has 2 N–H and O–H groups in total. The minimum Gasteiger partial charge on any atom is -0.466 e. The number of nitrogens with one attached hydrogen (secondary N) is 2. The summed E-state index contributed by atoms with van der Waals surface area (Å²) in [7, 11) is 0. The molecule has 0 aliphatic carbocycles. The summed E-state index contributed by atoms with van der Waals surface area (Å²) in [6, 6.07) is 6.62. The Kier molecular flexibility index (Phi) is 7.79. The van der Waals surface area contributed by atoms with Crippen LogP contribution in [0.1, 0.15) is 44.0 Å². The number of amides is 1. The van der Waals surface area contributed by atoms with Gasteiger partial charge in [0.25, 0.3) is 5.91 Å². The molecule has 0 radical (unpaired) electrons. The number of hydrogen-bond acceptors (Lipinski definition) is 5. The van der Waals surface area contributed by atoms with Gasteiger partial charge in [0, 0.05) is 5.69 Å². The molecular formula is C20H29N2O5+. The average molecular weight is 377 g/mol. The summed E-state index contributed by atoms with van der Waals surface area (Å²) in [6.07, 6.45) is 1.54. The van der Waals surface area contributed by atoms with Crippen molar-refractivity contribution in [1.82, 2.24) is 0 Å². The van der Waals surface area contributed by atoms with Crippen molar-refractivity contribution in [2.24, 2.45) is 5.92 Å². The van der Waals surface area contributed by atoms with Gasteiger partial charge in [0.15, 0.2) is 6.54 Å². The Morgan fingerprint density at radius 1 is 1.22 bits per heavy atom. The van der Waals surface area contributed by atoms with Crippen molar-refractivity contribution in [2.75, 3.05) is 31.6 Å². The lowest BCUT2D eigenvalue weighted by atomic mass is 9.98. The fraction of sp³-hybridized carbons (Fsp3) is 0.550. The maximum absolute atomic E-state index is 12.3. The van der Waals surface area contributed by atoms with E-state index in [0.29, 0.717) is 30.9 Å². The molecule has 1 fully saturated rings. The Morgan fingerprint density at radius 3 is 2.56 bits per heavy atom. The number of piperidine rings is 1. The molecule has 1 unspecified atom stereocenters. The second-order valence-electron chi connectivity index (χ2n) is 7.05. The molecule has 1 aliphatic rings. The third kappa shape index (κ3) is 6.67. The van der Waals surface area contributed by atoms with Gasteiger partial charge in [-0.05, 0) is 57.9 Å². The first-order chi connectivity index (χ1) is 12.9. The van der Waals surface area contributed by atoms with Crippen LogP contribution in [0.3, 0.4) is 0 Å². The van der Waals surface area contributed by atoms with Gasteiger partial charge in [0.2, 0.25) is 0 Å². The quantitative estimate of drug-likeness (QED) is 0.694. The molecule has 27 heavy (non-hydrogen) atoms. The van der Waals surface area contributed by atoms with Crippen LogP contribution in [-0.4, -0.2) is 50.2 Å². The first-order valence-corrected chi connectivity index (χ1v) is 9.50. The van der Waals surface area contributed by atoms with Crippen LogP contribution in [0.2, 0.25) is 0 Å². The van der Waals surface area contributed by atoms with Crippen LogP contribution in [0.25, 0.3) is 0 Å². The van der Waals surface area contributed by atoms with E-state index in [2.05, 4.69) is 5.32 Å². The molecular weight excluding hydrogens is 348 g/mol. The van der Waals surface area contributed by atoms with E-state index in [1.165, 1.54) is 0 Å². The number of ether oxygens (including phenoxy) is 2. The highest BCUT2D eigenvalue weighted by molar-refractivity contribution is 5.93. The molecule has 1 amide bonds. The van der Waals surface area contributed by atoms with Gasteiger partial charge in [-0.1, -0.05) is 0 Å². The van der Waals surface area contributed by atoms with E-state index in [1.807, 2.05) is 0 Å². The largest absolute Gasteiger partial charge is 0.466 e. The van der Waals surface area contributed by atoms with Crippen LogP contribution < -0.4 is 10.2 Å².